The van der Waals surface area contributed by atoms with Crippen molar-refractivity contribution >= 4 is 34.5 Å². The Morgan fingerprint density at radius 1 is 1.21 bits per heavy atom. The second kappa shape index (κ2) is 8.46. The number of aliphatic hydroxyl groups is 2. The molecule has 1 aliphatic carbocycles. The number of benzene rings is 2. The van der Waals surface area contributed by atoms with Crippen molar-refractivity contribution in [2.75, 3.05) is 19.0 Å². The highest BCUT2D eigenvalue weighted by molar-refractivity contribution is 6.38. The highest BCUT2D eigenvalue weighted by Gasteiger charge is 2.31. The van der Waals surface area contributed by atoms with Crippen molar-refractivity contribution in [2.45, 2.75) is 18.9 Å². The molecule has 2 aliphatic rings. The van der Waals surface area contributed by atoms with Crippen molar-refractivity contribution in [1.82, 2.24) is 5.16 Å². The average Bonchev–Trinajstić information content (AvgIpc) is 3.39. The minimum Gasteiger partial charge on any atom is -0.504 e. The Hall–Kier alpha value is -3.49. The van der Waals surface area contributed by atoms with Gasteiger partial charge in [-0.05, 0) is 53.7 Å². The first-order valence-corrected chi connectivity index (χ1v) is 10.8. The summed E-state index contributed by atoms with van der Waals surface area (Å²) in [6.07, 6.45) is 1.35. The molecule has 170 valence electrons. The molecule has 0 unspecified atom stereocenters. The molecule has 2 heterocycles. The number of rotatable bonds is 6. The normalized spacial score (nSPS) is 20.6. The molecule has 3 aromatic rings. The molecule has 0 saturated heterocycles. The number of carbonyl (C=O) groups excluding carboxylic acids is 1. The van der Waals surface area contributed by atoms with Crippen molar-refractivity contribution in [3.8, 4) is 22.8 Å². The van der Waals surface area contributed by atoms with Gasteiger partial charge in [0.05, 0.1) is 42.2 Å². The fourth-order valence-corrected chi connectivity index (χ4v) is 4.29. The van der Waals surface area contributed by atoms with Crippen LogP contribution in [-0.4, -0.2) is 41.1 Å². The third-order valence-corrected chi connectivity index (χ3v) is 6.19. The zero-order valence-corrected chi connectivity index (χ0v) is 18.4. The average molecular weight is 469 g/mol. The lowest BCUT2D eigenvalue weighted by molar-refractivity contribution is -0.110. The fraction of sp³-hybridized carbons (Fsp3) is 0.250. The largest absolute Gasteiger partial charge is 0.504 e. The lowest BCUT2D eigenvalue weighted by Crippen LogP contribution is -2.32. The number of carbonyl (C=O) groups is 1. The topological polar surface area (TPSA) is 114 Å². The van der Waals surface area contributed by atoms with Crippen LogP contribution in [0.25, 0.3) is 22.5 Å². The minimum atomic E-state index is -0.476. The van der Waals surface area contributed by atoms with Gasteiger partial charge in [-0.15, -0.1) is 0 Å². The van der Waals surface area contributed by atoms with E-state index < -0.39 is 5.91 Å². The molecule has 1 aliphatic heterocycles. The lowest BCUT2D eigenvalue weighted by atomic mass is 9.83. The molecule has 1 amide bonds. The van der Waals surface area contributed by atoms with Crippen LogP contribution in [-0.2, 0) is 4.79 Å². The summed E-state index contributed by atoms with van der Waals surface area (Å²) in [6.45, 7) is 0.573. The van der Waals surface area contributed by atoms with Gasteiger partial charge in [-0.1, -0.05) is 23.7 Å². The smallest absolute Gasteiger partial charge is 0.260 e. The van der Waals surface area contributed by atoms with Gasteiger partial charge in [0.1, 0.15) is 5.75 Å². The van der Waals surface area contributed by atoms with E-state index in [4.69, 9.17) is 25.6 Å². The van der Waals surface area contributed by atoms with E-state index in [-0.39, 0.29) is 29.1 Å². The Bertz CT molecular complexity index is 1240. The number of aliphatic hydroxyl groups excluding tert-OH is 2. The molecule has 0 radical (unpaired) electrons. The van der Waals surface area contributed by atoms with Crippen molar-refractivity contribution in [3.63, 3.8) is 0 Å². The number of amides is 1. The predicted octanol–water partition coefficient (Wildman–Crippen LogP) is 4.53. The molecule has 5 rings (SSSR count). The number of ether oxygens (including phenoxy) is 2. The van der Waals surface area contributed by atoms with Gasteiger partial charge in [0.25, 0.3) is 11.8 Å². The molecular formula is C24H21ClN2O6. The molecule has 0 spiro atoms. The molecule has 1 saturated carbocycles. The number of nitrogens with zero attached hydrogens (tertiary/aromatic N) is 1. The number of nitrogens with one attached hydrogen (secondary N) is 1. The van der Waals surface area contributed by atoms with Crippen LogP contribution >= 0.6 is 11.6 Å². The Morgan fingerprint density at radius 2 is 1.97 bits per heavy atom. The van der Waals surface area contributed by atoms with E-state index >= 15 is 0 Å². The molecule has 8 nitrogen and oxygen atoms in total. The number of aromatic nitrogens is 1. The summed E-state index contributed by atoms with van der Waals surface area (Å²) in [4.78, 5) is 12.6. The predicted molar refractivity (Wildman–Crippen MR) is 122 cm³/mol. The van der Waals surface area contributed by atoms with Gasteiger partial charge in [0, 0.05) is 11.1 Å². The van der Waals surface area contributed by atoms with Gasteiger partial charge in [-0.2, -0.15) is 0 Å². The summed E-state index contributed by atoms with van der Waals surface area (Å²) in [5.41, 5.74) is 2.57. The van der Waals surface area contributed by atoms with E-state index in [1.807, 2.05) is 24.3 Å². The second-order valence-electron chi connectivity index (χ2n) is 8.12. The summed E-state index contributed by atoms with van der Waals surface area (Å²) in [5.74, 6) is 0.492. The maximum atomic E-state index is 12.6. The summed E-state index contributed by atoms with van der Waals surface area (Å²) >= 11 is 6.51. The third-order valence-electron chi connectivity index (χ3n) is 5.88. The van der Waals surface area contributed by atoms with Gasteiger partial charge in [0.2, 0.25) is 5.76 Å². The molecule has 0 atom stereocenters. The number of hydrogen-bond donors (Lipinski definition) is 3. The number of halogens is 1. The highest BCUT2D eigenvalue weighted by Crippen LogP contribution is 2.42. The van der Waals surface area contributed by atoms with Crippen LogP contribution in [0.4, 0.5) is 5.69 Å². The van der Waals surface area contributed by atoms with E-state index in [2.05, 4.69) is 10.5 Å². The monoisotopic (exact) mass is 468 g/mol. The van der Waals surface area contributed by atoms with E-state index in [1.54, 1.807) is 12.1 Å². The Labute approximate surface area is 194 Å². The lowest BCUT2D eigenvalue weighted by Gasteiger charge is -2.30. The summed E-state index contributed by atoms with van der Waals surface area (Å²) in [6, 6.07) is 12.3. The maximum absolute atomic E-state index is 12.6. The molecule has 1 aromatic heterocycles. The van der Waals surface area contributed by atoms with Crippen LogP contribution in [0.5, 0.6) is 11.6 Å². The molecule has 0 bridgehead atoms. The Kier molecular flexibility index (Phi) is 5.47. The fourth-order valence-electron chi connectivity index (χ4n) is 4.02. The summed E-state index contributed by atoms with van der Waals surface area (Å²) < 4.78 is 15.9. The Balaban J connectivity index is 1.44. The maximum Gasteiger partial charge on any atom is 0.260 e. The molecule has 2 aromatic carbocycles. The first-order valence-electron chi connectivity index (χ1n) is 10.4. The molecule has 33 heavy (non-hydrogen) atoms. The van der Waals surface area contributed by atoms with Gasteiger partial charge in [-0.3, -0.25) is 4.79 Å². The first-order chi connectivity index (χ1) is 15.9. The number of methoxy groups -OCH3 is 1. The summed E-state index contributed by atoms with van der Waals surface area (Å²) in [7, 11) is 1.42. The van der Waals surface area contributed by atoms with Crippen LogP contribution in [0, 0.1) is 5.92 Å². The van der Waals surface area contributed by atoms with Crippen LogP contribution in [0.3, 0.4) is 0 Å². The Morgan fingerprint density at radius 3 is 2.64 bits per heavy atom. The zero-order chi connectivity index (χ0) is 23.1. The van der Waals surface area contributed by atoms with Gasteiger partial charge in [0.15, 0.2) is 5.76 Å². The molecule has 1 fully saturated rings. The third kappa shape index (κ3) is 4.03. The van der Waals surface area contributed by atoms with E-state index in [0.717, 1.165) is 24.2 Å². The van der Waals surface area contributed by atoms with Gasteiger partial charge >= 0.3 is 0 Å². The first kappa shape index (κ1) is 21.4. The number of anilines is 1. The second-order valence-corrected chi connectivity index (χ2v) is 8.52. The van der Waals surface area contributed by atoms with Crippen molar-refractivity contribution in [1.29, 1.82) is 0 Å². The number of fused-ring (bicyclic) bond motifs is 1. The summed E-state index contributed by atoms with van der Waals surface area (Å²) in [5, 5.41) is 26.9. The van der Waals surface area contributed by atoms with Crippen molar-refractivity contribution in [2.24, 2.45) is 5.92 Å². The van der Waals surface area contributed by atoms with E-state index in [0.29, 0.717) is 34.4 Å². The minimum absolute atomic E-state index is 0.0156. The quantitative estimate of drug-likeness (QED) is 0.359. The highest BCUT2D eigenvalue weighted by atomic mass is 35.5. The SMILES string of the molecule is COc1cc(/C(O)=C2\C(=O)Nc3cc(Cl)c(-c4ccc(OCC5CC(O)C5)cc4)cc32)on1. The zero-order valence-electron chi connectivity index (χ0n) is 17.7. The van der Waals surface area contributed by atoms with Crippen LogP contribution in [0.15, 0.2) is 47.0 Å². The van der Waals surface area contributed by atoms with Crippen molar-refractivity contribution in [3.05, 3.63) is 58.8 Å². The van der Waals surface area contributed by atoms with E-state index in [9.17, 15) is 15.0 Å². The van der Waals surface area contributed by atoms with E-state index in [1.165, 1.54) is 13.2 Å². The van der Waals surface area contributed by atoms with Crippen LogP contribution in [0.1, 0.15) is 24.2 Å². The van der Waals surface area contributed by atoms with Crippen LogP contribution < -0.4 is 14.8 Å². The van der Waals surface area contributed by atoms with Crippen LogP contribution in [0.2, 0.25) is 5.02 Å². The molecule has 3 N–H and O–H groups in total. The van der Waals surface area contributed by atoms with Gasteiger partial charge in [-0.25, -0.2) is 0 Å². The van der Waals surface area contributed by atoms with Crippen molar-refractivity contribution < 1.29 is 29.0 Å². The standard InChI is InChI=1S/C24H21ClN2O6/c1-31-21-10-20(33-27-21)23(29)22-17-8-16(18(25)9-19(17)26-24(22)30)13-2-4-15(5-3-13)32-11-12-6-14(28)7-12/h2-5,8-10,12,14,28-29H,6-7,11H2,1H3,(H,26,30)/b23-22+. The molecule has 9 heteroatoms. The number of hydrogen-bond acceptors (Lipinski definition) is 7. The molecular weight excluding hydrogens is 448 g/mol. The van der Waals surface area contributed by atoms with Gasteiger partial charge < -0.3 is 29.5 Å².